The summed E-state index contributed by atoms with van der Waals surface area (Å²) in [7, 11) is -4.56. The molecule has 0 aliphatic heterocycles. The van der Waals surface area contributed by atoms with E-state index in [1.807, 2.05) is 0 Å². The average molecular weight is 462 g/mol. The predicted octanol–water partition coefficient (Wildman–Crippen LogP) is 3.76. The van der Waals surface area contributed by atoms with E-state index >= 15 is 0 Å². The van der Waals surface area contributed by atoms with Gasteiger partial charge in [-0.3, -0.25) is 5.43 Å². The maximum Gasteiger partial charge on any atom is 0.420 e. The van der Waals surface area contributed by atoms with Gasteiger partial charge in [-0.15, -0.1) is 4.83 Å². The molecule has 0 radical (unpaired) electrons. The molecule has 1 rings (SSSR count). The number of rotatable bonds is 5. The number of nitrogens with one attached hydrogen (secondary N) is 3. The lowest BCUT2D eigenvalue weighted by Crippen LogP contribution is -2.69. The van der Waals surface area contributed by atoms with Crippen LogP contribution in [0.15, 0.2) is 23.1 Å². The highest BCUT2D eigenvalue weighted by Gasteiger charge is 2.70. The molecule has 2 amide bonds. The van der Waals surface area contributed by atoms with Crippen molar-refractivity contribution in [2.75, 3.05) is 0 Å². The van der Waals surface area contributed by atoms with Crippen LogP contribution in [-0.4, -0.2) is 32.3 Å². The zero-order chi connectivity index (χ0) is 21.3. The third-order valence-corrected chi connectivity index (χ3v) is 5.31. The molecule has 3 N–H and O–H groups in total. The van der Waals surface area contributed by atoms with Crippen LogP contribution in [0.5, 0.6) is 0 Å². The first-order valence-electron chi connectivity index (χ1n) is 6.76. The van der Waals surface area contributed by atoms with Crippen LogP contribution in [0.2, 0.25) is 10.0 Å². The standard InChI is InChI=1S/C12H11Cl2F6N3O3S/c1-2-10(11(15,16)17,12(18,19)20)21-9(24)22-23-27(25,26)6-3-4-7(13)8(14)5-6/h3-5,23H,2H2,1H3,(H2,21,22,24). The number of benzene rings is 1. The third-order valence-electron chi connectivity index (χ3n) is 3.33. The number of carbonyl (C=O) groups is 1. The summed E-state index contributed by atoms with van der Waals surface area (Å²) in [6.45, 7) is 0.557. The second kappa shape index (κ2) is 7.89. The Labute approximate surface area is 159 Å². The van der Waals surface area contributed by atoms with Gasteiger partial charge >= 0.3 is 18.4 Å². The third kappa shape index (κ3) is 5.09. The van der Waals surface area contributed by atoms with Crippen molar-refractivity contribution in [1.82, 2.24) is 15.6 Å². The monoisotopic (exact) mass is 461 g/mol. The molecular weight excluding hydrogens is 451 g/mol. The van der Waals surface area contributed by atoms with Gasteiger partial charge in [0.25, 0.3) is 10.0 Å². The van der Waals surface area contributed by atoms with E-state index in [9.17, 15) is 39.6 Å². The van der Waals surface area contributed by atoms with Crippen LogP contribution in [0, 0.1) is 0 Å². The summed E-state index contributed by atoms with van der Waals surface area (Å²) in [6.07, 6.45) is -13.4. The Morgan fingerprint density at radius 3 is 1.96 bits per heavy atom. The van der Waals surface area contributed by atoms with Crippen LogP contribution >= 0.6 is 23.2 Å². The van der Waals surface area contributed by atoms with Gasteiger partial charge in [0.05, 0.1) is 14.9 Å². The Hall–Kier alpha value is -1.44. The van der Waals surface area contributed by atoms with Crippen LogP contribution in [0.3, 0.4) is 0 Å². The Bertz CT molecular complexity index is 800. The van der Waals surface area contributed by atoms with Gasteiger partial charge in [0.1, 0.15) is 0 Å². The van der Waals surface area contributed by atoms with E-state index in [4.69, 9.17) is 23.2 Å². The van der Waals surface area contributed by atoms with Gasteiger partial charge in [-0.1, -0.05) is 30.1 Å². The molecule has 0 spiro atoms. The summed E-state index contributed by atoms with van der Waals surface area (Å²) >= 11 is 11.2. The molecule has 154 valence electrons. The summed E-state index contributed by atoms with van der Waals surface area (Å²) in [5.41, 5.74) is -3.35. The quantitative estimate of drug-likeness (QED) is 0.460. The van der Waals surface area contributed by atoms with E-state index in [0.717, 1.165) is 23.5 Å². The molecule has 0 atom stereocenters. The van der Waals surface area contributed by atoms with Gasteiger partial charge < -0.3 is 5.32 Å². The topological polar surface area (TPSA) is 87.3 Å². The van der Waals surface area contributed by atoms with Crippen LogP contribution < -0.4 is 15.6 Å². The van der Waals surface area contributed by atoms with Gasteiger partial charge in [0.15, 0.2) is 0 Å². The largest absolute Gasteiger partial charge is 0.420 e. The first kappa shape index (κ1) is 23.6. The Morgan fingerprint density at radius 2 is 1.56 bits per heavy atom. The maximum atomic E-state index is 12.9. The molecule has 0 heterocycles. The Balaban J connectivity index is 2.99. The number of sulfonamides is 1. The summed E-state index contributed by atoms with van der Waals surface area (Å²) in [5.74, 6) is 0. The van der Waals surface area contributed by atoms with Gasteiger partial charge in [-0.05, 0) is 24.6 Å². The van der Waals surface area contributed by atoms with E-state index in [0.29, 0.717) is 6.92 Å². The Morgan fingerprint density at radius 1 is 1.04 bits per heavy atom. The predicted molar refractivity (Wildman–Crippen MR) is 83.6 cm³/mol. The number of hydrogen-bond donors (Lipinski definition) is 3. The lowest BCUT2D eigenvalue weighted by molar-refractivity contribution is -0.304. The summed E-state index contributed by atoms with van der Waals surface area (Å²) in [4.78, 5) is 12.3. The maximum absolute atomic E-state index is 12.9. The van der Waals surface area contributed by atoms with E-state index in [2.05, 4.69) is 0 Å². The molecule has 0 saturated heterocycles. The fourth-order valence-electron chi connectivity index (χ4n) is 1.83. The lowest BCUT2D eigenvalue weighted by atomic mass is 9.94. The van der Waals surface area contributed by atoms with Crippen LogP contribution in [0.1, 0.15) is 13.3 Å². The first-order chi connectivity index (χ1) is 12.1. The lowest BCUT2D eigenvalue weighted by Gasteiger charge is -2.36. The number of hydrazine groups is 1. The van der Waals surface area contributed by atoms with Crippen molar-refractivity contribution in [3.63, 3.8) is 0 Å². The number of urea groups is 1. The molecule has 0 fully saturated rings. The van der Waals surface area contributed by atoms with Crippen molar-refractivity contribution in [2.45, 2.75) is 36.1 Å². The van der Waals surface area contributed by atoms with Crippen LogP contribution in [0.4, 0.5) is 31.1 Å². The van der Waals surface area contributed by atoms with Crippen molar-refractivity contribution in [3.8, 4) is 0 Å². The fraction of sp³-hybridized carbons (Fsp3) is 0.417. The van der Waals surface area contributed by atoms with Crippen molar-refractivity contribution in [2.24, 2.45) is 0 Å². The summed E-state index contributed by atoms with van der Waals surface area (Å²) in [5, 5.41) is 0.529. The number of alkyl halides is 6. The SMILES string of the molecule is CCC(NC(=O)NNS(=O)(=O)c1ccc(Cl)c(Cl)c1)(C(F)(F)F)C(F)(F)F. The van der Waals surface area contributed by atoms with Crippen molar-refractivity contribution >= 4 is 39.3 Å². The summed E-state index contributed by atoms with van der Waals surface area (Å²) < 4.78 is 101. The van der Waals surface area contributed by atoms with E-state index in [1.165, 1.54) is 10.3 Å². The van der Waals surface area contributed by atoms with E-state index in [1.54, 1.807) is 0 Å². The molecule has 0 aromatic heterocycles. The first-order valence-corrected chi connectivity index (χ1v) is 9.00. The number of carbonyl (C=O) groups excluding carboxylic acids is 1. The Kier molecular flexibility index (Phi) is 6.90. The van der Waals surface area contributed by atoms with Crippen molar-refractivity contribution < 1.29 is 39.6 Å². The molecule has 6 nitrogen and oxygen atoms in total. The smallest absolute Gasteiger partial charge is 0.315 e. The second-order valence-corrected chi connectivity index (χ2v) is 7.51. The summed E-state index contributed by atoms with van der Waals surface area (Å²) in [6, 6.07) is 0.800. The van der Waals surface area contributed by atoms with Crippen LogP contribution in [-0.2, 0) is 10.0 Å². The molecular formula is C12H11Cl2F6N3O3S. The molecule has 27 heavy (non-hydrogen) atoms. The normalized spacial score (nSPS) is 13.4. The highest BCUT2D eigenvalue weighted by atomic mass is 35.5. The minimum Gasteiger partial charge on any atom is -0.315 e. The fourth-order valence-corrected chi connectivity index (χ4v) is 3.06. The minimum atomic E-state index is -5.89. The molecule has 0 saturated carbocycles. The zero-order valence-corrected chi connectivity index (χ0v) is 15.4. The highest BCUT2D eigenvalue weighted by molar-refractivity contribution is 7.89. The number of halogens is 8. The van der Waals surface area contributed by atoms with Crippen molar-refractivity contribution in [3.05, 3.63) is 28.2 Å². The molecule has 1 aromatic carbocycles. The highest BCUT2D eigenvalue weighted by Crippen LogP contribution is 2.45. The van der Waals surface area contributed by atoms with Crippen molar-refractivity contribution in [1.29, 1.82) is 0 Å². The molecule has 0 bridgehead atoms. The minimum absolute atomic E-state index is 0.00981. The van der Waals surface area contributed by atoms with Gasteiger partial charge in [0, 0.05) is 0 Å². The van der Waals surface area contributed by atoms with Gasteiger partial charge in [0.2, 0.25) is 5.54 Å². The average Bonchev–Trinajstić information content (AvgIpc) is 2.50. The molecule has 0 aliphatic carbocycles. The number of hydrogen-bond acceptors (Lipinski definition) is 3. The second-order valence-electron chi connectivity index (χ2n) is 5.01. The molecule has 1 aromatic rings. The molecule has 0 unspecified atom stereocenters. The number of amides is 2. The molecule has 0 aliphatic rings. The van der Waals surface area contributed by atoms with E-state index in [-0.39, 0.29) is 10.0 Å². The van der Waals surface area contributed by atoms with Gasteiger partial charge in [-0.25, -0.2) is 13.2 Å². The van der Waals surface area contributed by atoms with Crippen LogP contribution in [0.25, 0.3) is 0 Å². The van der Waals surface area contributed by atoms with Gasteiger partial charge in [-0.2, -0.15) is 26.3 Å². The van der Waals surface area contributed by atoms with E-state index < -0.39 is 45.3 Å². The molecule has 15 heteroatoms. The zero-order valence-electron chi connectivity index (χ0n) is 13.1.